The second-order valence-corrected chi connectivity index (χ2v) is 2.70. The van der Waals surface area contributed by atoms with Gasteiger partial charge in [-0.3, -0.25) is 4.98 Å². The molecule has 0 aliphatic heterocycles. The summed E-state index contributed by atoms with van der Waals surface area (Å²) in [4.78, 5) is 11.7. The molecule has 0 fully saturated rings. The van der Waals surface area contributed by atoms with E-state index in [0.29, 0.717) is 5.56 Å². The third-order valence-corrected chi connectivity index (χ3v) is 1.76. The molecule has 2 aromatic rings. The molecule has 0 aliphatic carbocycles. The third-order valence-electron chi connectivity index (χ3n) is 1.76. The Morgan fingerprint density at radius 2 is 1.64 bits per heavy atom. The first-order chi connectivity index (χ1) is 6.90. The van der Waals surface area contributed by atoms with Crippen molar-refractivity contribution in [1.29, 1.82) is 5.26 Å². The van der Waals surface area contributed by atoms with Gasteiger partial charge in [-0.25, -0.2) is 9.97 Å². The molecular formula is C10H6N4. The zero-order valence-corrected chi connectivity index (χ0v) is 7.25. The van der Waals surface area contributed by atoms with Crippen LogP contribution in [0.2, 0.25) is 0 Å². The minimum absolute atomic E-state index is 0.534. The molecule has 0 aromatic carbocycles. The summed E-state index contributed by atoms with van der Waals surface area (Å²) < 4.78 is 0. The van der Waals surface area contributed by atoms with Crippen molar-refractivity contribution in [1.82, 2.24) is 15.0 Å². The third kappa shape index (κ3) is 1.57. The van der Waals surface area contributed by atoms with Crippen molar-refractivity contribution in [3.05, 3.63) is 42.7 Å². The van der Waals surface area contributed by atoms with Crippen molar-refractivity contribution in [2.45, 2.75) is 0 Å². The van der Waals surface area contributed by atoms with Gasteiger partial charge < -0.3 is 0 Å². The smallest absolute Gasteiger partial charge is 0.115 e. The second-order valence-electron chi connectivity index (χ2n) is 2.70. The van der Waals surface area contributed by atoms with E-state index in [0.717, 1.165) is 11.1 Å². The summed E-state index contributed by atoms with van der Waals surface area (Å²) in [5.74, 6) is 0. The first-order valence-corrected chi connectivity index (χ1v) is 4.00. The standard InChI is InChI=1S/C10H6N4/c11-2-8-1-9(4-12-3-8)10-5-13-7-14-6-10/h1,3-7H. The average molecular weight is 182 g/mol. The first-order valence-electron chi connectivity index (χ1n) is 4.00. The van der Waals surface area contributed by atoms with Crippen LogP contribution in [0.1, 0.15) is 5.56 Å². The van der Waals surface area contributed by atoms with Crippen LogP contribution in [-0.2, 0) is 0 Å². The molecule has 2 heterocycles. The molecule has 2 aromatic heterocycles. The van der Waals surface area contributed by atoms with Crippen LogP contribution in [0.25, 0.3) is 11.1 Å². The highest BCUT2D eigenvalue weighted by atomic mass is 14.8. The monoisotopic (exact) mass is 182 g/mol. The van der Waals surface area contributed by atoms with Crippen LogP contribution < -0.4 is 0 Å². The molecule has 0 amide bonds. The van der Waals surface area contributed by atoms with Crippen LogP contribution in [0, 0.1) is 11.3 Å². The molecule has 0 saturated carbocycles. The Morgan fingerprint density at radius 1 is 0.929 bits per heavy atom. The maximum Gasteiger partial charge on any atom is 0.115 e. The van der Waals surface area contributed by atoms with Crippen LogP contribution in [0.15, 0.2) is 37.2 Å². The van der Waals surface area contributed by atoms with Crippen molar-refractivity contribution in [3.63, 3.8) is 0 Å². The summed E-state index contributed by atoms with van der Waals surface area (Å²) in [5, 5.41) is 8.69. The van der Waals surface area contributed by atoms with Gasteiger partial charge in [-0.2, -0.15) is 5.26 Å². The largest absolute Gasteiger partial charge is 0.263 e. The molecule has 0 N–H and O–H groups in total. The molecule has 4 heteroatoms. The lowest BCUT2D eigenvalue weighted by Gasteiger charge is -1.98. The van der Waals surface area contributed by atoms with Gasteiger partial charge in [-0.15, -0.1) is 0 Å². The number of pyridine rings is 1. The van der Waals surface area contributed by atoms with Crippen LogP contribution >= 0.6 is 0 Å². The Kier molecular flexibility index (Phi) is 2.15. The van der Waals surface area contributed by atoms with Gasteiger partial charge in [0.15, 0.2) is 0 Å². The van der Waals surface area contributed by atoms with E-state index in [-0.39, 0.29) is 0 Å². The minimum atomic E-state index is 0.534. The van der Waals surface area contributed by atoms with E-state index >= 15 is 0 Å². The molecule has 0 saturated heterocycles. The van der Waals surface area contributed by atoms with E-state index < -0.39 is 0 Å². The van der Waals surface area contributed by atoms with Gasteiger partial charge in [0.25, 0.3) is 0 Å². The van der Waals surface area contributed by atoms with Crippen molar-refractivity contribution in [2.75, 3.05) is 0 Å². The maximum absolute atomic E-state index is 8.69. The lowest BCUT2D eigenvalue weighted by Crippen LogP contribution is -1.85. The molecular weight excluding hydrogens is 176 g/mol. The summed E-state index contributed by atoms with van der Waals surface area (Å²) in [6, 6.07) is 3.79. The van der Waals surface area contributed by atoms with Gasteiger partial charge in [0.2, 0.25) is 0 Å². The van der Waals surface area contributed by atoms with Gasteiger partial charge in [0, 0.05) is 35.9 Å². The van der Waals surface area contributed by atoms with E-state index in [9.17, 15) is 0 Å². The van der Waals surface area contributed by atoms with E-state index in [2.05, 4.69) is 15.0 Å². The fourth-order valence-electron chi connectivity index (χ4n) is 1.11. The molecule has 0 atom stereocenters. The quantitative estimate of drug-likeness (QED) is 0.668. The highest BCUT2D eigenvalue weighted by Crippen LogP contribution is 2.16. The number of hydrogen-bond acceptors (Lipinski definition) is 4. The van der Waals surface area contributed by atoms with Crippen molar-refractivity contribution in [2.24, 2.45) is 0 Å². The van der Waals surface area contributed by atoms with E-state index in [4.69, 9.17) is 5.26 Å². The number of aromatic nitrogens is 3. The predicted octanol–water partition coefficient (Wildman–Crippen LogP) is 1.41. The van der Waals surface area contributed by atoms with E-state index in [1.54, 1.807) is 24.7 Å². The lowest BCUT2D eigenvalue weighted by atomic mass is 10.1. The van der Waals surface area contributed by atoms with Crippen molar-refractivity contribution < 1.29 is 0 Å². The average Bonchev–Trinajstić information content (AvgIpc) is 2.30. The van der Waals surface area contributed by atoms with Crippen LogP contribution in [0.4, 0.5) is 0 Å². The number of nitriles is 1. The summed E-state index contributed by atoms with van der Waals surface area (Å²) in [6.45, 7) is 0. The van der Waals surface area contributed by atoms with Gasteiger partial charge in [0.1, 0.15) is 12.4 Å². The van der Waals surface area contributed by atoms with Crippen molar-refractivity contribution in [3.8, 4) is 17.2 Å². The summed E-state index contributed by atoms with van der Waals surface area (Å²) >= 11 is 0. The van der Waals surface area contributed by atoms with Crippen LogP contribution in [-0.4, -0.2) is 15.0 Å². The van der Waals surface area contributed by atoms with Gasteiger partial charge >= 0.3 is 0 Å². The normalized spacial score (nSPS) is 9.36. The molecule has 0 unspecified atom stereocenters. The van der Waals surface area contributed by atoms with Crippen molar-refractivity contribution >= 4 is 0 Å². The Labute approximate surface area is 80.9 Å². The lowest BCUT2D eigenvalue weighted by molar-refractivity contribution is 1.17. The zero-order chi connectivity index (χ0) is 9.80. The Hall–Kier alpha value is -2.28. The molecule has 14 heavy (non-hydrogen) atoms. The van der Waals surface area contributed by atoms with E-state index in [1.165, 1.54) is 12.5 Å². The molecule has 2 rings (SSSR count). The second kappa shape index (κ2) is 3.62. The van der Waals surface area contributed by atoms with E-state index in [1.807, 2.05) is 6.07 Å². The van der Waals surface area contributed by atoms with Crippen LogP contribution in [0.5, 0.6) is 0 Å². The minimum Gasteiger partial charge on any atom is -0.263 e. The molecule has 0 aliphatic rings. The Morgan fingerprint density at radius 3 is 2.36 bits per heavy atom. The number of rotatable bonds is 1. The highest BCUT2D eigenvalue weighted by Gasteiger charge is 1.99. The molecule has 0 radical (unpaired) electrons. The molecule has 0 bridgehead atoms. The number of hydrogen-bond donors (Lipinski definition) is 0. The van der Waals surface area contributed by atoms with Crippen LogP contribution in [0.3, 0.4) is 0 Å². The maximum atomic E-state index is 8.69. The fraction of sp³-hybridized carbons (Fsp3) is 0. The molecule has 4 nitrogen and oxygen atoms in total. The summed E-state index contributed by atoms with van der Waals surface area (Å²) in [6.07, 6.45) is 8.04. The Balaban J connectivity index is 2.49. The SMILES string of the molecule is N#Cc1cncc(-c2cncnc2)c1. The van der Waals surface area contributed by atoms with Gasteiger partial charge in [0.05, 0.1) is 5.56 Å². The number of nitrogens with zero attached hydrogens (tertiary/aromatic N) is 4. The summed E-state index contributed by atoms with van der Waals surface area (Å²) in [7, 11) is 0. The molecule has 66 valence electrons. The summed E-state index contributed by atoms with van der Waals surface area (Å²) in [5.41, 5.74) is 2.24. The zero-order valence-electron chi connectivity index (χ0n) is 7.25. The topological polar surface area (TPSA) is 62.5 Å². The first kappa shape index (κ1) is 8.32. The van der Waals surface area contributed by atoms with Gasteiger partial charge in [-0.05, 0) is 6.07 Å². The predicted molar refractivity (Wildman–Crippen MR) is 50.0 cm³/mol. The molecule has 0 spiro atoms. The van der Waals surface area contributed by atoms with Gasteiger partial charge in [-0.1, -0.05) is 0 Å². The fourth-order valence-corrected chi connectivity index (χ4v) is 1.11. The Bertz CT molecular complexity index is 473. The highest BCUT2D eigenvalue weighted by molar-refractivity contribution is 5.61.